The third-order valence-corrected chi connectivity index (χ3v) is 9.61. The van der Waals surface area contributed by atoms with Gasteiger partial charge in [-0.05, 0) is 121 Å². The first kappa shape index (κ1) is 27.2. The fourth-order valence-corrected chi connectivity index (χ4v) is 7.46. The van der Waals surface area contributed by atoms with Crippen LogP contribution < -0.4 is 0 Å². The molecule has 2 nitrogen and oxygen atoms in total. The molecule has 0 unspecified atom stereocenters. The lowest BCUT2D eigenvalue weighted by molar-refractivity contribution is 0.984. The Morgan fingerprint density at radius 3 is 2.27 bits per heavy atom. The Balaban J connectivity index is 1.39. The average Bonchev–Trinajstić information content (AvgIpc) is 3.54. The van der Waals surface area contributed by atoms with Gasteiger partial charge in [-0.25, -0.2) is 0 Å². The van der Waals surface area contributed by atoms with Crippen molar-refractivity contribution in [2.24, 2.45) is 0 Å². The SMILES string of the molecule is C=C/C=C\c1c(C)c2cc3c(cc2n1-c1ccccc1)c1ccccc1n3-c1ccc(-c2c(C)ccc3c2C=CCC3)c(C)c1. The molecule has 0 bridgehead atoms. The highest BCUT2D eigenvalue weighted by molar-refractivity contribution is 6.14. The topological polar surface area (TPSA) is 9.86 Å². The summed E-state index contributed by atoms with van der Waals surface area (Å²) in [6.07, 6.45) is 12.9. The molecule has 0 spiro atoms. The number of benzene rings is 5. The van der Waals surface area contributed by atoms with Crippen LogP contribution in [-0.4, -0.2) is 9.13 Å². The molecule has 218 valence electrons. The molecule has 0 radical (unpaired) electrons. The lowest BCUT2D eigenvalue weighted by Gasteiger charge is -2.20. The van der Waals surface area contributed by atoms with E-state index in [4.69, 9.17) is 0 Å². The number of para-hydroxylation sites is 2. The van der Waals surface area contributed by atoms with Crippen molar-refractivity contribution in [1.82, 2.24) is 9.13 Å². The minimum atomic E-state index is 1.11. The molecule has 0 atom stereocenters. The summed E-state index contributed by atoms with van der Waals surface area (Å²) < 4.78 is 4.83. The van der Waals surface area contributed by atoms with Gasteiger partial charge >= 0.3 is 0 Å². The average molecular weight is 581 g/mol. The van der Waals surface area contributed by atoms with Crippen LogP contribution in [0.3, 0.4) is 0 Å². The number of aryl methyl sites for hydroxylation is 4. The third kappa shape index (κ3) is 4.24. The van der Waals surface area contributed by atoms with Crippen molar-refractivity contribution in [2.75, 3.05) is 0 Å². The zero-order valence-corrected chi connectivity index (χ0v) is 26.1. The fraction of sp³-hybridized carbons (Fsp3) is 0.116. The lowest BCUT2D eigenvalue weighted by atomic mass is 9.85. The van der Waals surface area contributed by atoms with Crippen molar-refractivity contribution in [3.8, 4) is 22.5 Å². The monoisotopic (exact) mass is 580 g/mol. The van der Waals surface area contributed by atoms with Gasteiger partial charge in [0.2, 0.25) is 0 Å². The van der Waals surface area contributed by atoms with Crippen molar-refractivity contribution >= 4 is 44.9 Å². The van der Waals surface area contributed by atoms with Crippen LogP contribution >= 0.6 is 0 Å². The molecule has 1 aliphatic carbocycles. The Hall–Kier alpha value is -5.34. The minimum Gasteiger partial charge on any atom is -0.310 e. The van der Waals surface area contributed by atoms with Gasteiger partial charge in [-0.1, -0.05) is 85.5 Å². The van der Waals surface area contributed by atoms with Crippen LogP contribution in [0.4, 0.5) is 0 Å². The van der Waals surface area contributed by atoms with Gasteiger partial charge in [0.1, 0.15) is 0 Å². The summed E-state index contributed by atoms with van der Waals surface area (Å²) in [7, 11) is 0. The highest BCUT2D eigenvalue weighted by atomic mass is 15.0. The second-order valence-electron chi connectivity index (χ2n) is 12.3. The van der Waals surface area contributed by atoms with Crippen LogP contribution in [0, 0.1) is 20.8 Å². The largest absolute Gasteiger partial charge is 0.310 e. The van der Waals surface area contributed by atoms with E-state index >= 15 is 0 Å². The second kappa shape index (κ2) is 10.7. The first-order valence-electron chi connectivity index (χ1n) is 15.9. The molecule has 5 aromatic carbocycles. The molecule has 0 N–H and O–H groups in total. The van der Waals surface area contributed by atoms with Crippen LogP contribution in [0.2, 0.25) is 0 Å². The Kier molecular flexibility index (Phi) is 6.46. The van der Waals surface area contributed by atoms with Gasteiger partial charge in [0.05, 0.1) is 16.6 Å². The summed E-state index contributed by atoms with van der Waals surface area (Å²) in [4.78, 5) is 0. The quantitative estimate of drug-likeness (QED) is 0.179. The molecule has 0 aliphatic heterocycles. The van der Waals surface area contributed by atoms with Gasteiger partial charge in [0, 0.05) is 33.2 Å². The molecule has 2 heterocycles. The predicted octanol–water partition coefficient (Wildman–Crippen LogP) is 11.5. The van der Waals surface area contributed by atoms with E-state index in [2.05, 4.69) is 152 Å². The smallest absolute Gasteiger partial charge is 0.0548 e. The summed E-state index contributed by atoms with van der Waals surface area (Å²) in [5.74, 6) is 0. The Morgan fingerprint density at radius 1 is 0.667 bits per heavy atom. The number of hydrogen-bond donors (Lipinski definition) is 0. The lowest BCUT2D eigenvalue weighted by Crippen LogP contribution is -2.01. The minimum absolute atomic E-state index is 1.11. The number of fused-ring (bicyclic) bond motifs is 5. The molecule has 0 fully saturated rings. The highest BCUT2D eigenvalue weighted by Gasteiger charge is 2.20. The van der Waals surface area contributed by atoms with Crippen molar-refractivity contribution < 1.29 is 0 Å². The van der Waals surface area contributed by atoms with Crippen molar-refractivity contribution in [1.29, 1.82) is 0 Å². The molecule has 8 rings (SSSR count). The third-order valence-electron chi connectivity index (χ3n) is 9.61. The maximum atomic E-state index is 3.93. The maximum absolute atomic E-state index is 3.93. The van der Waals surface area contributed by atoms with Gasteiger partial charge in [-0.15, -0.1) is 0 Å². The summed E-state index contributed by atoms with van der Waals surface area (Å²) in [5.41, 5.74) is 16.6. The summed E-state index contributed by atoms with van der Waals surface area (Å²) in [6, 6.07) is 35.9. The molecule has 0 saturated carbocycles. The fourth-order valence-electron chi connectivity index (χ4n) is 7.46. The highest BCUT2D eigenvalue weighted by Crippen LogP contribution is 2.40. The molecule has 45 heavy (non-hydrogen) atoms. The molecule has 2 heteroatoms. The van der Waals surface area contributed by atoms with E-state index in [1.165, 1.54) is 83.0 Å². The van der Waals surface area contributed by atoms with E-state index in [0.717, 1.165) is 18.5 Å². The van der Waals surface area contributed by atoms with Crippen LogP contribution in [-0.2, 0) is 6.42 Å². The number of rotatable bonds is 5. The molecule has 0 amide bonds. The normalized spacial score (nSPS) is 13.0. The van der Waals surface area contributed by atoms with Gasteiger partial charge in [0.15, 0.2) is 0 Å². The van der Waals surface area contributed by atoms with Gasteiger partial charge in [0.25, 0.3) is 0 Å². The van der Waals surface area contributed by atoms with Gasteiger partial charge in [-0.3, -0.25) is 0 Å². The van der Waals surface area contributed by atoms with Gasteiger partial charge < -0.3 is 9.13 Å². The number of hydrogen-bond acceptors (Lipinski definition) is 0. The molecule has 1 aliphatic rings. The van der Waals surface area contributed by atoms with Crippen LogP contribution in [0.1, 0.15) is 39.9 Å². The standard InChI is InChI=1S/C43H36N2/c1-5-6-19-39-30(4)37-26-42-38(27-41(37)44(39)32-15-8-7-9-16-32)36-18-12-13-20-40(36)45(42)33-23-24-34(29(3)25-33)43-28(2)21-22-31-14-10-11-17-35(31)43/h5-9,11-13,15-27H,1,10,14H2,2-4H3/b19-6-. The van der Waals surface area contributed by atoms with E-state index in [-0.39, 0.29) is 0 Å². The van der Waals surface area contributed by atoms with E-state index in [9.17, 15) is 0 Å². The number of allylic oxidation sites excluding steroid dienone is 3. The Bertz CT molecular complexity index is 2360. The first-order valence-corrected chi connectivity index (χ1v) is 15.9. The second-order valence-corrected chi connectivity index (χ2v) is 12.3. The van der Waals surface area contributed by atoms with Crippen molar-refractivity contribution in [3.05, 3.63) is 155 Å². The maximum Gasteiger partial charge on any atom is 0.0548 e. The van der Waals surface area contributed by atoms with E-state index in [1.807, 2.05) is 12.2 Å². The summed E-state index contributed by atoms with van der Waals surface area (Å²) in [6.45, 7) is 10.7. The van der Waals surface area contributed by atoms with Gasteiger partial charge in [-0.2, -0.15) is 0 Å². The van der Waals surface area contributed by atoms with Crippen molar-refractivity contribution in [2.45, 2.75) is 33.6 Å². The Morgan fingerprint density at radius 2 is 1.44 bits per heavy atom. The summed E-state index contributed by atoms with van der Waals surface area (Å²) in [5, 5.41) is 3.77. The van der Waals surface area contributed by atoms with Crippen LogP contribution in [0.5, 0.6) is 0 Å². The zero-order chi connectivity index (χ0) is 30.7. The molecular weight excluding hydrogens is 544 g/mol. The number of nitrogens with zero attached hydrogens (tertiary/aromatic N) is 2. The van der Waals surface area contributed by atoms with Crippen LogP contribution in [0.25, 0.3) is 67.4 Å². The zero-order valence-electron chi connectivity index (χ0n) is 26.1. The molecule has 7 aromatic rings. The predicted molar refractivity (Wildman–Crippen MR) is 194 cm³/mol. The van der Waals surface area contributed by atoms with E-state index in [1.54, 1.807) is 0 Å². The summed E-state index contributed by atoms with van der Waals surface area (Å²) >= 11 is 0. The molecule has 0 saturated heterocycles. The molecule has 2 aromatic heterocycles. The van der Waals surface area contributed by atoms with Crippen LogP contribution in [0.15, 0.2) is 122 Å². The van der Waals surface area contributed by atoms with E-state index in [0.29, 0.717) is 0 Å². The van der Waals surface area contributed by atoms with Crippen molar-refractivity contribution in [3.63, 3.8) is 0 Å². The van der Waals surface area contributed by atoms with E-state index < -0.39 is 0 Å². The number of aromatic nitrogens is 2. The first-order chi connectivity index (χ1) is 22.0. The molecular formula is C43H36N2. The Labute approximate surface area is 264 Å².